The molecule has 0 unspecified atom stereocenters. The van der Waals surface area contributed by atoms with Crippen molar-refractivity contribution in [2.45, 2.75) is 32.1 Å². The topological polar surface area (TPSA) is 53.5 Å². The summed E-state index contributed by atoms with van der Waals surface area (Å²) in [5.41, 5.74) is 2.90. The maximum Gasteiger partial charge on any atom is 0.228 e. The Morgan fingerprint density at radius 2 is 1.83 bits per heavy atom. The molecule has 4 rings (SSSR count). The zero-order valence-corrected chi connectivity index (χ0v) is 17.3. The van der Waals surface area contributed by atoms with Crippen LogP contribution in [0.2, 0.25) is 0 Å². The van der Waals surface area contributed by atoms with E-state index in [1.165, 1.54) is 0 Å². The lowest BCUT2D eigenvalue weighted by Crippen LogP contribution is -2.51. The first kappa shape index (κ1) is 19.6. The quantitative estimate of drug-likeness (QED) is 0.785. The molecule has 1 aromatic heterocycles. The van der Waals surface area contributed by atoms with Crippen molar-refractivity contribution in [3.63, 3.8) is 0 Å². The van der Waals surface area contributed by atoms with Gasteiger partial charge in [-0.05, 0) is 54.9 Å². The van der Waals surface area contributed by atoms with E-state index >= 15 is 0 Å². The summed E-state index contributed by atoms with van der Waals surface area (Å²) in [7, 11) is 3.66. The van der Waals surface area contributed by atoms with Gasteiger partial charge < -0.3 is 9.80 Å². The highest BCUT2D eigenvalue weighted by molar-refractivity contribution is 5.84. The van der Waals surface area contributed by atoms with Gasteiger partial charge >= 0.3 is 0 Å². The monoisotopic (exact) mass is 391 g/mol. The second-order valence-electron chi connectivity index (χ2n) is 8.70. The van der Waals surface area contributed by atoms with Crippen molar-refractivity contribution in [1.29, 1.82) is 0 Å². The Labute approximate surface area is 172 Å². The zero-order chi connectivity index (χ0) is 20.4. The van der Waals surface area contributed by atoms with Crippen LogP contribution in [0.25, 0.3) is 11.1 Å². The van der Waals surface area contributed by atoms with Crippen molar-refractivity contribution in [2.75, 3.05) is 27.2 Å². The van der Waals surface area contributed by atoms with E-state index in [9.17, 15) is 9.59 Å². The SMILES string of the molecule is CN(C)C(=O)C1(Cc2cccc(-c3cccnc3)c2)CCN(C(=O)C2CC2)CC1. The molecular formula is C24H29N3O2. The normalized spacial score (nSPS) is 18.3. The van der Waals surface area contributed by atoms with E-state index in [0.29, 0.717) is 19.5 Å². The summed E-state index contributed by atoms with van der Waals surface area (Å²) in [4.78, 5) is 33.6. The second-order valence-corrected chi connectivity index (χ2v) is 8.70. The van der Waals surface area contributed by atoms with Crippen molar-refractivity contribution in [3.8, 4) is 11.1 Å². The number of carbonyl (C=O) groups is 2. The van der Waals surface area contributed by atoms with E-state index in [1.807, 2.05) is 31.3 Å². The molecule has 1 aromatic carbocycles. The lowest BCUT2D eigenvalue weighted by molar-refractivity contribution is -0.146. The van der Waals surface area contributed by atoms with Gasteiger partial charge in [0.25, 0.3) is 0 Å². The molecule has 1 saturated heterocycles. The number of amides is 2. The summed E-state index contributed by atoms with van der Waals surface area (Å²) >= 11 is 0. The fraction of sp³-hybridized carbons (Fsp3) is 0.458. The minimum absolute atomic E-state index is 0.169. The van der Waals surface area contributed by atoms with Crippen LogP contribution in [-0.4, -0.2) is 53.8 Å². The largest absolute Gasteiger partial charge is 0.348 e. The molecule has 0 atom stereocenters. The first-order valence-electron chi connectivity index (χ1n) is 10.5. The van der Waals surface area contributed by atoms with Crippen LogP contribution in [-0.2, 0) is 16.0 Å². The molecule has 2 fully saturated rings. The van der Waals surface area contributed by atoms with E-state index in [2.05, 4.69) is 35.3 Å². The van der Waals surface area contributed by atoms with Gasteiger partial charge in [-0.25, -0.2) is 0 Å². The Hall–Kier alpha value is -2.69. The standard InChI is InChI=1S/C24H29N3O2/c1-26(2)23(29)24(10-13-27(14-11-24)22(28)19-8-9-19)16-18-5-3-6-20(15-18)21-7-4-12-25-17-21/h3-7,12,15,17,19H,8-11,13-14,16H2,1-2H3. The van der Waals surface area contributed by atoms with Crippen LogP contribution in [0.4, 0.5) is 0 Å². The second kappa shape index (κ2) is 7.97. The summed E-state index contributed by atoms with van der Waals surface area (Å²) in [6, 6.07) is 12.4. The maximum atomic E-state index is 13.2. The highest BCUT2D eigenvalue weighted by Crippen LogP contribution is 2.39. The molecule has 1 saturated carbocycles. The number of hydrogen-bond donors (Lipinski definition) is 0. The van der Waals surface area contributed by atoms with Gasteiger partial charge in [-0.3, -0.25) is 14.6 Å². The number of hydrogen-bond acceptors (Lipinski definition) is 3. The van der Waals surface area contributed by atoms with Gasteiger partial charge in [-0.2, -0.15) is 0 Å². The van der Waals surface area contributed by atoms with Gasteiger partial charge in [0, 0.05) is 45.5 Å². The molecule has 1 aliphatic heterocycles. The highest BCUT2D eigenvalue weighted by atomic mass is 16.2. The van der Waals surface area contributed by atoms with Crippen LogP contribution in [0.3, 0.4) is 0 Å². The van der Waals surface area contributed by atoms with Crippen LogP contribution < -0.4 is 0 Å². The van der Waals surface area contributed by atoms with Gasteiger partial charge in [-0.1, -0.05) is 30.3 Å². The third-order valence-corrected chi connectivity index (χ3v) is 6.28. The van der Waals surface area contributed by atoms with Crippen molar-refractivity contribution >= 4 is 11.8 Å². The molecule has 2 aliphatic rings. The van der Waals surface area contributed by atoms with Crippen molar-refractivity contribution in [2.24, 2.45) is 11.3 Å². The smallest absolute Gasteiger partial charge is 0.228 e. The predicted octanol–water partition coefficient (Wildman–Crippen LogP) is 3.40. The molecule has 0 bridgehead atoms. The fourth-order valence-electron chi connectivity index (χ4n) is 4.47. The van der Waals surface area contributed by atoms with Crippen LogP contribution in [0.5, 0.6) is 0 Å². The minimum atomic E-state index is -0.447. The van der Waals surface area contributed by atoms with Gasteiger partial charge in [-0.15, -0.1) is 0 Å². The Morgan fingerprint density at radius 1 is 1.10 bits per heavy atom. The Bertz CT molecular complexity index is 882. The highest BCUT2D eigenvalue weighted by Gasteiger charge is 2.44. The predicted molar refractivity (Wildman–Crippen MR) is 113 cm³/mol. The number of rotatable bonds is 5. The molecule has 5 heteroatoms. The Balaban J connectivity index is 1.55. The van der Waals surface area contributed by atoms with Gasteiger partial charge in [0.2, 0.25) is 11.8 Å². The van der Waals surface area contributed by atoms with Crippen molar-refractivity contribution in [1.82, 2.24) is 14.8 Å². The van der Waals surface area contributed by atoms with Crippen molar-refractivity contribution in [3.05, 3.63) is 54.4 Å². The van der Waals surface area contributed by atoms with Crippen molar-refractivity contribution < 1.29 is 9.59 Å². The number of likely N-dealkylation sites (tertiary alicyclic amines) is 1. The van der Waals surface area contributed by atoms with E-state index < -0.39 is 5.41 Å². The molecular weight excluding hydrogens is 362 g/mol. The summed E-state index contributed by atoms with van der Waals surface area (Å²) in [6.07, 6.45) is 7.83. The van der Waals surface area contributed by atoms with E-state index in [-0.39, 0.29) is 17.7 Å². The number of nitrogens with zero attached hydrogens (tertiary/aromatic N) is 3. The summed E-state index contributed by atoms with van der Waals surface area (Å²) < 4.78 is 0. The Morgan fingerprint density at radius 3 is 2.45 bits per heavy atom. The van der Waals surface area contributed by atoms with Gasteiger partial charge in [0.1, 0.15) is 0 Å². The molecule has 2 heterocycles. The molecule has 2 aromatic rings. The third kappa shape index (κ3) is 4.19. The lowest BCUT2D eigenvalue weighted by atomic mass is 9.72. The zero-order valence-electron chi connectivity index (χ0n) is 17.3. The first-order valence-corrected chi connectivity index (χ1v) is 10.5. The average molecular weight is 392 g/mol. The fourth-order valence-corrected chi connectivity index (χ4v) is 4.47. The molecule has 0 radical (unpaired) electrons. The van der Waals surface area contributed by atoms with Crippen LogP contribution in [0.1, 0.15) is 31.2 Å². The first-order chi connectivity index (χ1) is 14.0. The molecule has 152 valence electrons. The molecule has 5 nitrogen and oxygen atoms in total. The van der Waals surface area contributed by atoms with E-state index in [0.717, 1.165) is 42.4 Å². The maximum absolute atomic E-state index is 13.2. The average Bonchev–Trinajstić information content (AvgIpc) is 3.59. The molecule has 2 amide bonds. The number of carbonyl (C=O) groups excluding carboxylic acids is 2. The third-order valence-electron chi connectivity index (χ3n) is 6.28. The number of pyridine rings is 1. The van der Waals surface area contributed by atoms with E-state index in [1.54, 1.807) is 11.1 Å². The minimum Gasteiger partial charge on any atom is -0.348 e. The van der Waals surface area contributed by atoms with Gasteiger partial charge in [0.15, 0.2) is 0 Å². The van der Waals surface area contributed by atoms with Crippen LogP contribution in [0, 0.1) is 11.3 Å². The summed E-state index contributed by atoms with van der Waals surface area (Å²) in [5, 5.41) is 0. The number of piperidine rings is 1. The molecule has 0 spiro atoms. The number of benzene rings is 1. The number of aromatic nitrogens is 1. The lowest BCUT2D eigenvalue weighted by Gasteiger charge is -2.42. The van der Waals surface area contributed by atoms with Crippen LogP contribution >= 0.6 is 0 Å². The van der Waals surface area contributed by atoms with E-state index in [4.69, 9.17) is 0 Å². The molecule has 0 N–H and O–H groups in total. The summed E-state index contributed by atoms with van der Waals surface area (Å²) in [5.74, 6) is 0.695. The molecule has 29 heavy (non-hydrogen) atoms. The summed E-state index contributed by atoms with van der Waals surface area (Å²) in [6.45, 7) is 1.36. The van der Waals surface area contributed by atoms with Gasteiger partial charge in [0.05, 0.1) is 5.41 Å². The Kier molecular flexibility index (Phi) is 5.39. The van der Waals surface area contributed by atoms with Crippen LogP contribution in [0.15, 0.2) is 48.8 Å². The molecule has 1 aliphatic carbocycles.